The van der Waals surface area contributed by atoms with Gasteiger partial charge in [0.1, 0.15) is 72.5 Å². The van der Waals surface area contributed by atoms with Crippen LogP contribution in [0.1, 0.15) is 258 Å². The highest BCUT2D eigenvalue weighted by atomic mass is 16.7. The van der Waals surface area contributed by atoms with Crippen LogP contribution in [0.15, 0.2) is 0 Å². The summed E-state index contributed by atoms with van der Waals surface area (Å²) in [5.74, 6) is -3.24. The van der Waals surface area contributed by atoms with E-state index in [4.69, 9.17) is 52.1 Å². The number of hydrogen-bond donors (Lipinski definition) is 15. The smallest absolute Gasteiger partial charge is 0.407 e. The Morgan fingerprint density at radius 3 is 1.26 bits per heavy atom. The summed E-state index contributed by atoms with van der Waals surface area (Å²) >= 11 is 0. The van der Waals surface area contributed by atoms with Crippen LogP contribution in [0.4, 0.5) is 4.79 Å². The number of esters is 2. The third-order valence-corrected chi connectivity index (χ3v) is 22.6. The van der Waals surface area contributed by atoms with Crippen LogP contribution in [0.3, 0.4) is 0 Å². The fourth-order valence-electron chi connectivity index (χ4n) is 15.4. The van der Waals surface area contributed by atoms with Crippen LogP contribution in [0.25, 0.3) is 0 Å². The minimum Gasteiger partial charge on any atom is -0.466 e. The van der Waals surface area contributed by atoms with Gasteiger partial charge in [-0.25, -0.2) is 4.79 Å². The number of alkyl carbamates (subject to hydrolysis) is 1. The Labute approximate surface area is 724 Å². The molecule has 4 aliphatic rings. The monoisotopic (exact) mass is 1760 g/mol. The topological polar surface area (TPSA) is 547 Å². The number of hydrogen-bond acceptors (Lipinski definition) is 31. The minimum absolute atomic E-state index is 0.0132. The standard InChI is InChI=1S/C85H149N7O31/c1-57-75(106)76(107)64(53-93)121-81(57)117-46-24-32-67(100)86-42-20-12-7-10-16-35-71(104)115-48-26-39-85(91-69(102)38-37-62(99)30-18-19-34-70(103)92-52-63(114-5)51-60(92)56-113-4,40-27-49-116-72(105)36-17-11-8-13-21-43-87-68(101)33-25-47-119-83-74(90-59(3)97)80(111)78(109)66(55-95)123-83)41-28-50-120-84(112)88-44-22-14-6-9-15-29-61(98)31-23-45-118-82-73(89-58(2)96)79(110)77(108)65(54-94)122-82/h57,60,63-66,73-83,93-95,106-111H,6-56H2,1-5H3,(H,86,100)(H,87,101)(H,88,112)(H,89,96)(H,90,97)(H,91,102)/t57?,60-,63+,64?,65?,66?,73?,74?,75?,76?,77?,78?,79?,80?,81?,82?,83?,85?/m1/s1. The van der Waals surface area contributed by atoms with E-state index in [0.717, 1.165) is 64.2 Å². The number of ether oxygens (including phenoxy) is 11. The number of nitrogens with zero attached hydrogens (tertiary/aromatic N) is 1. The van der Waals surface area contributed by atoms with Crippen molar-refractivity contribution in [2.24, 2.45) is 5.92 Å². The molecule has 0 spiro atoms. The predicted octanol–water partition coefficient (Wildman–Crippen LogP) is 2.34. The number of Topliss-reactive ketones (excluding diaryl/α,β-unsaturated/α-hetero) is 2. The second-order valence-electron chi connectivity index (χ2n) is 32.8. The second kappa shape index (κ2) is 63.6. The number of aliphatic hydroxyl groups excluding tert-OH is 9. The van der Waals surface area contributed by atoms with Gasteiger partial charge in [-0.05, 0) is 116 Å². The van der Waals surface area contributed by atoms with Gasteiger partial charge in [-0.3, -0.25) is 47.9 Å². The van der Waals surface area contributed by atoms with E-state index in [1.165, 1.54) is 13.8 Å². The minimum atomic E-state index is -1.45. The summed E-state index contributed by atoms with van der Waals surface area (Å²) in [6.45, 7) is 4.84. The summed E-state index contributed by atoms with van der Waals surface area (Å²) in [6, 6.07) is -2.27. The Hall–Kier alpha value is -6.31. The Morgan fingerprint density at radius 2 is 0.797 bits per heavy atom. The lowest BCUT2D eigenvalue weighted by Gasteiger charge is -2.42. The molecular weight excluding hydrogens is 1610 g/mol. The molecule has 15 N–H and O–H groups in total. The maximum absolute atomic E-state index is 14.2. The molecule has 38 nitrogen and oxygen atoms in total. The first-order valence-corrected chi connectivity index (χ1v) is 44.8. The molecule has 4 rings (SSSR count). The lowest BCUT2D eigenvalue weighted by atomic mass is 9.83. The second-order valence-corrected chi connectivity index (χ2v) is 32.8. The van der Waals surface area contributed by atoms with Gasteiger partial charge in [0, 0.05) is 130 Å². The van der Waals surface area contributed by atoms with Crippen LogP contribution in [0.5, 0.6) is 0 Å². The van der Waals surface area contributed by atoms with Gasteiger partial charge < -0.3 is 135 Å². The van der Waals surface area contributed by atoms with Gasteiger partial charge >= 0.3 is 18.0 Å². The summed E-state index contributed by atoms with van der Waals surface area (Å²) in [5.41, 5.74) is -1.01. The number of unbranched alkanes of at least 4 members (excludes halogenated alkanes) is 13. The molecule has 4 aliphatic heterocycles. The van der Waals surface area contributed by atoms with Crippen LogP contribution in [0, 0.1) is 5.92 Å². The van der Waals surface area contributed by atoms with Crippen LogP contribution in [-0.4, -0.2) is 326 Å². The lowest BCUT2D eigenvalue weighted by Crippen LogP contribution is -2.64. The highest BCUT2D eigenvalue weighted by molar-refractivity contribution is 5.85. The number of likely N-dealkylation sites (tertiary alicyclic amines) is 1. The Bertz CT molecular complexity index is 2930. The maximum atomic E-state index is 14.2. The molecule has 0 bridgehead atoms. The first-order chi connectivity index (χ1) is 59.1. The third-order valence-electron chi connectivity index (χ3n) is 22.6. The van der Waals surface area contributed by atoms with E-state index in [1.54, 1.807) is 26.0 Å². The van der Waals surface area contributed by atoms with E-state index in [-0.39, 0.29) is 158 Å². The van der Waals surface area contributed by atoms with Crippen molar-refractivity contribution in [2.45, 2.75) is 362 Å². The number of rotatable bonds is 68. The molecule has 0 aromatic carbocycles. The van der Waals surface area contributed by atoms with Gasteiger partial charge in [-0.2, -0.15) is 0 Å². The van der Waals surface area contributed by atoms with Crippen molar-refractivity contribution in [3.05, 3.63) is 0 Å². The van der Waals surface area contributed by atoms with Crippen LogP contribution < -0.4 is 31.9 Å². The summed E-state index contributed by atoms with van der Waals surface area (Å²) in [7, 11) is 3.19. The Balaban J connectivity index is 1.28. The summed E-state index contributed by atoms with van der Waals surface area (Å²) < 4.78 is 61.8. The van der Waals surface area contributed by atoms with Gasteiger partial charge in [0.25, 0.3) is 0 Å². The van der Waals surface area contributed by atoms with E-state index in [0.29, 0.717) is 129 Å². The fourth-order valence-corrected chi connectivity index (χ4v) is 15.4. The summed E-state index contributed by atoms with van der Waals surface area (Å²) in [6.07, 6.45) is 1.41. The van der Waals surface area contributed by atoms with Crippen LogP contribution >= 0.6 is 0 Å². The predicted molar refractivity (Wildman–Crippen MR) is 443 cm³/mol. The fraction of sp³-hybridized carbons (Fsp3) is 0.871. The zero-order chi connectivity index (χ0) is 90.3. The average Bonchev–Trinajstić information content (AvgIpc) is 1.23. The summed E-state index contributed by atoms with van der Waals surface area (Å²) in [4.78, 5) is 143. The van der Waals surface area contributed by atoms with Crippen LogP contribution in [0.2, 0.25) is 0 Å². The number of carbonyl (C=O) groups is 11. The molecular formula is C85H149N7O31. The van der Waals surface area contributed by atoms with E-state index >= 15 is 0 Å². The molecule has 38 heteroatoms. The van der Waals surface area contributed by atoms with Gasteiger partial charge in [0.2, 0.25) is 35.4 Å². The first-order valence-electron chi connectivity index (χ1n) is 44.8. The lowest BCUT2D eigenvalue weighted by molar-refractivity contribution is -0.282. The maximum Gasteiger partial charge on any atom is 0.407 e. The number of nitrogens with one attached hydrogen (secondary N) is 6. The molecule has 0 aromatic rings. The largest absolute Gasteiger partial charge is 0.466 e. The van der Waals surface area contributed by atoms with E-state index in [2.05, 4.69) is 31.9 Å². The van der Waals surface area contributed by atoms with Crippen molar-refractivity contribution >= 4 is 65.0 Å². The molecule has 0 aliphatic carbocycles. The molecule has 0 aromatic heterocycles. The van der Waals surface area contributed by atoms with Crippen molar-refractivity contribution < 1.29 is 151 Å². The van der Waals surface area contributed by atoms with Crippen molar-refractivity contribution in [3.63, 3.8) is 0 Å². The van der Waals surface area contributed by atoms with Crippen LogP contribution in [-0.2, 0) is 100 Å². The molecule has 4 heterocycles. The normalized spacial score (nSPS) is 25.0. The molecule has 123 heavy (non-hydrogen) atoms. The average molecular weight is 1770 g/mol. The van der Waals surface area contributed by atoms with Crippen molar-refractivity contribution in [1.82, 2.24) is 36.8 Å². The number of ketones is 2. The van der Waals surface area contributed by atoms with Gasteiger partial charge in [0.15, 0.2) is 18.9 Å². The molecule has 0 radical (unpaired) electrons. The zero-order valence-electron chi connectivity index (χ0n) is 73.3. The quantitative estimate of drug-likeness (QED) is 0.0236. The molecule has 4 fully saturated rings. The first kappa shape index (κ1) is 109. The molecule has 7 amide bonds. The number of carbonyl (C=O) groups excluding carboxylic acids is 11. The van der Waals surface area contributed by atoms with E-state index in [9.17, 15) is 98.7 Å². The Kier molecular flexibility index (Phi) is 56.4. The highest BCUT2D eigenvalue weighted by Crippen LogP contribution is 2.31. The number of aliphatic hydroxyl groups is 9. The third kappa shape index (κ3) is 44.3. The molecule has 710 valence electrons. The van der Waals surface area contributed by atoms with E-state index in [1.807, 2.05) is 0 Å². The summed E-state index contributed by atoms with van der Waals surface area (Å²) in [5, 5.41) is 107. The number of methoxy groups -OCH3 is 2. The Morgan fingerprint density at radius 1 is 0.407 bits per heavy atom. The molecule has 16 unspecified atom stereocenters. The molecule has 4 saturated heterocycles. The van der Waals surface area contributed by atoms with Crippen molar-refractivity contribution in [3.8, 4) is 0 Å². The molecule has 0 saturated carbocycles. The van der Waals surface area contributed by atoms with E-state index < -0.39 is 153 Å². The number of amides is 7. The van der Waals surface area contributed by atoms with Gasteiger partial charge in [-0.1, -0.05) is 64.7 Å². The van der Waals surface area contributed by atoms with Crippen molar-refractivity contribution in [1.29, 1.82) is 0 Å². The van der Waals surface area contributed by atoms with Gasteiger partial charge in [-0.15, -0.1) is 0 Å². The zero-order valence-corrected chi connectivity index (χ0v) is 73.3. The highest BCUT2D eigenvalue weighted by Gasteiger charge is 2.48. The van der Waals surface area contributed by atoms with Gasteiger partial charge in [0.05, 0.1) is 84.3 Å². The SMILES string of the molecule is COC[C@H]1C[C@H](OC)CN1C(=O)CCCCC(=O)CCC(=O)NC(CCCOC(=O)CCCCCCCNC(=O)CCCOC1OC(CO)C(O)C(O)C1C)(CCCOC(=O)CCCCCCCNC(=O)CCCOC1OC(CO)C(O)C(O)C1NC(C)=O)CCCOC(=O)NCCCCCCCC(=O)CCCOC1OC(CO)C(O)C(O)C1NC(C)=O. The van der Waals surface area contributed by atoms with Crippen molar-refractivity contribution in [2.75, 3.05) is 106 Å². The molecule has 18 atom stereocenters.